The van der Waals surface area contributed by atoms with Gasteiger partial charge in [-0.25, -0.2) is 0 Å². The van der Waals surface area contributed by atoms with Crippen LogP contribution in [0.15, 0.2) is 4.42 Å². The molecular formula is C11H19N5O2. The normalized spacial score (nSPS) is 14.5. The Hall–Kier alpha value is -1.63. The van der Waals surface area contributed by atoms with Crippen molar-refractivity contribution in [1.82, 2.24) is 20.8 Å². The van der Waals surface area contributed by atoms with Gasteiger partial charge in [0, 0.05) is 19.0 Å². The van der Waals surface area contributed by atoms with Crippen LogP contribution in [-0.2, 0) is 11.3 Å². The van der Waals surface area contributed by atoms with Crippen LogP contribution in [0.25, 0.3) is 0 Å². The molecule has 1 heterocycles. The van der Waals surface area contributed by atoms with Crippen molar-refractivity contribution < 1.29 is 9.21 Å². The van der Waals surface area contributed by atoms with Crippen LogP contribution in [0.1, 0.15) is 31.6 Å². The number of nitrogens with one attached hydrogen (secondary N) is 3. The number of rotatable bonds is 8. The molecule has 1 amide bonds. The quantitative estimate of drug-likeness (QED) is 0.576. The average Bonchev–Trinajstić information content (AvgIpc) is 3.04. The fourth-order valence-corrected chi connectivity index (χ4v) is 1.52. The number of carbonyl (C=O) groups excluding carboxylic acids is 1. The van der Waals surface area contributed by atoms with Crippen LogP contribution >= 0.6 is 0 Å². The van der Waals surface area contributed by atoms with E-state index in [-0.39, 0.29) is 5.91 Å². The second-order valence-corrected chi connectivity index (χ2v) is 4.40. The molecule has 100 valence electrons. The van der Waals surface area contributed by atoms with Crippen LogP contribution < -0.4 is 16.0 Å². The zero-order valence-corrected chi connectivity index (χ0v) is 10.5. The molecule has 1 aromatic rings. The maximum Gasteiger partial charge on any atom is 0.315 e. The summed E-state index contributed by atoms with van der Waals surface area (Å²) in [5.74, 6) is 0.673. The first-order valence-corrected chi connectivity index (χ1v) is 6.28. The largest absolute Gasteiger partial charge is 0.407 e. The molecule has 0 aliphatic heterocycles. The third-order valence-corrected chi connectivity index (χ3v) is 2.59. The lowest BCUT2D eigenvalue weighted by atomic mass is 10.3. The minimum Gasteiger partial charge on any atom is -0.407 e. The van der Waals surface area contributed by atoms with Gasteiger partial charge in [0.25, 0.3) is 0 Å². The second kappa shape index (κ2) is 6.34. The Labute approximate surface area is 106 Å². The maximum absolute atomic E-state index is 11.4. The van der Waals surface area contributed by atoms with Gasteiger partial charge in [0.1, 0.15) is 0 Å². The zero-order chi connectivity index (χ0) is 12.8. The monoisotopic (exact) mass is 253 g/mol. The lowest BCUT2D eigenvalue weighted by molar-refractivity contribution is -0.121. The molecule has 2 rings (SSSR count). The molecule has 1 aliphatic rings. The molecule has 0 unspecified atom stereocenters. The van der Waals surface area contributed by atoms with Crippen LogP contribution in [0.4, 0.5) is 6.01 Å². The number of carbonyl (C=O) groups is 1. The van der Waals surface area contributed by atoms with Crippen molar-refractivity contribution in [3.8, 4) is 0 Å². The van der Waals surface area contributed by atoms with Gasteiger partial charge >= 0.3 is 6.01 Å². The highest BCUT2D eigenvalue weighted by atomic mass is 16.4. The van der Waals surface area contributed by atoms with Crippen molar-refractivity contribution in [3.63, 3.8) is 0 Å². The molecule has 3 N–H and O–H groups in total. The molecule has 0 saturated heterocycles. The Morgan fingerprint density at radius 2 is 2.28 bits per heavy atom. The third-order valence-electron chi connectivity index (χ3n) is 2.59. The number of hydrogen-bond donors (Lipinski definition) is 3. The molecular weight excluding hydrogens is 234 g/mol. The van der Waals surface area contributed by atoms with Gasteiger partial charge in [-0.2, -0.15) is 0 Å². The van der Waals surface area contributed by atoms with E-state index in [4.69, 9.17) is 4.42 Å². The number of nitrogens with zero attached hydrogens (tertiary/aromatic N) is 2. The first kappa shape index (κ1) is 12.8. The van der Waals surface area contributed by atoms with Gasteiger partial charge in [-0.1, -0.05) is 5.10 Å². The fraction of sp³-hybridized carbons (Fsp3) is 0.727. The topological polar surface area (TPSA) is 92.1 Å². The number of hydrogen-bond acceptors (Lipinski definition) is 6. The lowest BCUT2D eigenvalue weighted by Crippen LogP contribution is -2.25. The Morgan fingerprint density at radius 3 is 3.00 bits per heavy atom. The predicted octanol–water partition coefficient (Wildman–Crippen LogP) is 0.260. The van der Waals surface area contributed by atoms with Gasteiger partial charge in [0.05, 0.1) is 6.54 Å². The molecule has 1 fully saturated rings. The van der Waals surface area contributed by atoms with Gasteiger partial charge < -0.3 is 20.4 Å². The number of aromatic nitrogens is 2. The lowest BCUT2D eigenvalue weighted by Gasteiger charge is -2.03. The summed E-state index contributed by atoms with van der Waals surface area (Å²) >= 11 is 0. The summed E-state index contributed by atoms with van der Waals surface area (Å²) in [6.45, 7) is 1.21. The molecule has 1 aliphatic carbocycles. The Morgan fingerprint density at radius 1 is 1.44 bits per heavy atom. The highest BCUT2D eigenvalue weighted by Crippen LogP contribution is 2.18. The van der Waals surface area contributed by atoms with Crippen molar-refractivity contribution in [2.24, 2.45) is 0 Å². The molecule has 1 saturated carbocycles. The van der Waals surface area contributed by atoms with Crippen molar-refractivity contribution >= 4 is 11.9 Å². The van der Waals surface area contributed by atoms with Gasteiger partial charge in [0.15, 0.2) is 0 Å². The smallest absolute Gasteiger partial charge is 0.315 e. The minimum atomic E-state index is 0.126. The highest BCUT2D eigenvalue weighted by molar-refractivity contribution is 5.76. The average molecular weight is 253 g/mol. The van der Waals surface area contributed by atoms with E-state index < -0.39 is 0 Å². The van der Waals surface area contributed by atoms with Crippen LogP contribution in [0.3, 0.4) is 0 Å². The van der Waals surface area contributed by atoms with Crippen LogP contribution in [0.5, 0.6) is 0 Å². The Bertz CT molecular complexity index is 389. The molecule has 0 bridgehead atoms. The second-order valence-electron chi connectivity index (χ2n) is 4.40. The molecule has 0 atom stereocenters. The van der Waals surface area contributed by atoms with Crippen molar-refractivity contribution in [1.29, 1.82) is 0 Å². The highest BCUT2D eigenvalue weighted by Gasteiger charge is 2.22. The summed E-state index contributed by atoms with van der Waals surface area (Å²) in [6.07, 6.45) is 3.53. The molecule has 7 heteroatoms. The van der Waals surface area contributed by atoms with Gasteiger partial charge in [-0.05, 0) is 26.3 Å². The van der Waals surface area contributed by atoms with Gasteiger partial charge in [-0.3, -0.25) is 4.79 Å². The number of anilines is 1. The van der Waals surface area contributed by atoms with Crippen molar-refractivity contribution in [2.45, 2.75) is 38.3 Å². The predicted molar refractivity (Wildman–Crippen MR) is 66.0 cm³/mol. The summed E-state index contributed by atoms with van der Waals surface area (Å²) < 4.78 is 5.31. The molecule has 0 spiro atoms. The Kier molecular flexibility index (Phi) is 4.52. The SMILES string of the molecule is CNCc1nnc(NCCCC(=O)NC2CC2)o1. The van der Waals surface area contributed by atoms with E-state index >= 15 is 0 Å². The van der Waals surface area contributed by atoms with Crippen LogP contribution in [0.2, 0.25) is 0 Å². The first-order valence-electron chi connectivity index (χ1n) is 6.28. The van der Waals surface area contributed by atoms with Crippen LogP contribution in [0, 0.1) is 0 Å². The van der Waals surface area contributed by atoms with E-state index in [1.54, 1.807) is 0 Å². The van der Waals surface area contributed by atoms with Gasteiger partial charge in [0.2, 0.25) is 11.8 Å². The summed E-state index contributed by atoms with van der Waals surface area (Å²) in [5, 5.41) is 16.6. The summed E-state index contributed by atoms with van der Waals surface area (Å²) in [5.41, 5.74) is 0. The van der Waals surface area contributed by atoms with E-state index in [1.807, 2.05) is 7.05 Å². The van der Waals surface area contributed by atoms with Crippen molar-refractivity contribution in [2.75, 3.05) is 18.9 Å². The first-order chi connectivity index (χ1) is 8.78. The van der Waals surface area contributed by atoms with Crippen molar-refractivity contribution in [3.05, 3.63) is 5.89 Å². The Balaban J connectivity index is 1.57. The number of amides is 1. The third kappa shape index (κ3) is 4.33. The maximum atomic E-state index is 11.4. The van der Waals surface area contributed by atoms with Crippen LogP contribution in [-0.4, -0.2) is 35.7 Å². The summed E-state index contributed by atoms with van der Waals surface area (Å²) in [4.78, 5) is 11.4. The van der Waals surface area contributed by atoms with E-state index in [2.05, 4.69) is 26.1 Å². The van der Waals surface area contributed by atoms with Gasteiger partial charge in [-0.15, -0.1) is 5.10 Å². The standard InChI is InChI=1S/C11H19N5O2/c1-12-7-10-15-16-11(18-10)13-6-2-3-9(17)14-8-4-5-8/h8,12H,2-7H2,1H3,(H,13,16)(H,14,17). The molecule has 1 aromatic heterocycles. The molecule has 18 heavy (non-hydrogen) atoms. The molecule has 0 aromatic carbocycles. The zero-order valence-electron chi connectivity index (χ0n) is 10.5. The molecule has 0 radical (unpaired) electrons. The van der Waals surface area contributed by atoms with E-state index in [0.717, 1.165) is 19.3 Å². The summed E-state index contributed by atoms with van der Waals surface area (Å²) in [6, 6.07) is 0.841. The molecule has 7 nitrogen and oxygen atoms in total. The van der Waals surface area contributed by atoms with E-state index in [9.17, 15) is 4.79 Å². The fourth-order valence-electron chi connectivity index (χ4n) is 1.52. The van der Waals surface area contributed by atoms with E-state index in [1.165, 1.54) is 0 Å². The summed E-state index contributed by atoms with van der Waals surface area (Å²) in [7, 11) is 1.82. The van der Waals surface area contributed by atoms with E-state index in [0.29, 0.717) is 37.5 Å². The minimum absolute atomic E-state index is 0.126.